The first kappa shape index (κ1) is 20.8. The lowest BCUT2D eigenvalue weighted by molar-refractivity contribution is -0.142. The van der Waals surface area contributed by atoms with E-state index in [-0.39, 0.29) is 11.2 Å². The summed E-state index contributed by atoms with van der Waals surface area (Å²) in [6.45, 7) is 8.74. The first-order valence-electron chi connectivity index (χ1n) is 9.64. The molecule has 28 heavy (non-hydrogen) atoms. The number of carbonyl (C=O) groups is 1. The summed E-state index contributed by atoms with van der Waals surface area (Å²) < 4.78 is 5.41. The van der Waals surface area contributed by atoms with Crippen LogP contribution in [-0.2, 0) is 9.53 Å². The van der Waals surface area contributed by atoms with Crippen LogP contribution >= 0.6 is 23.1 Å². The van der Waals surface area contributed by atoms with Crippen LogP contribution < -0.4 is 0 Å². The number of thiophene rings is 1. The van der Waals surface area contributed by atoms with Crippen molar-refractivity contribution in [1.29, 1.82) is 0 Å². The average molecular weight is 415 g/mol. The summed E-state index contributed by atoms with van der Waals surface area (Å²) >= 11 is 3.05. The molecule has 3 rings (SSSR count). The van der Waals surface area contributed by atoms with Gasteiger partial charge in [0.15, 0.2) is 0 Å². The van der Waals surface area contributed by atoms with E-state index in [4.69, 9.17) is 4.74 Å². The molecule has 0 saturated carbocycles. The molecule has 0 bridgehead atoms. The quantitative estimate of drug-likeness (QED) is 0.190. The van der Waals surface area contributed by atoms with Crippen molar-refractivity contribution in [1.82, 2.24) is 9.97 Å². The second-order valence-corrected chi connectivity index (χ2v) is 9.13. The van der Waals surface area contributed by atoms with Crippen LogP contribution in [-0.4, -0.2) is 27.8 Å². The maximum absolute atomic E-state index is 12.3. The molecule has 0 amide bonds. The molecule has 1 unspecified atom stereocenters. The summed E-state index contributed by atoms with van der Waals surface area (Å²) in [4.78, 5) is 22.2. The Morgan fingerprint density at radius 2 is 2.04 bits per heavy atom. The molecule has 1 atom stereocenters. The zero-order valence-electron chi connectivity index (χ0n) is 16.8. The first-order valence-corrected chi connectivity index (χ1v) is 11.4. The predicted octanol–water partition coefficient (Wildman–Crippen LogP) is 6.19. The van der Waals surface area contributed by atoms with E-state index < -0.39 is 0 Å². The number of esters is 1. The highest BCUT2D eigenvalue weighted by Crippen LogP contribution is 2.39. The van der Waals surface area contributed by atoms with Gasteiger partial charge in [0.2, 0.25) is 0 Å². The molecule has 1 aromatic carbocycles. The molecule has 4 nitrogen and oxygen atoms in total. The number of rotatable bonds is 8. The fourth-order valence-electron chi connectivity index (χ4n) is 2.92. The van der Waals surface area contributed by atoms with Crippen LogP contribution in [0.15, 0.2) is 34.9 Å². The molecule has 0 aliphatic heterocycles. The molecule has 0 aliphatic carbocycles. The molecule has 3 aromatic rings. The molecule has 148 valence electrons. The lowest BCUT2D eigenvalue weighted by Gasteiger charge is -2.12. The number of fused-ring (bicyclic) bond motifs is 1. The van der Waals surface area contributed by atoms with Crippen molar-refractivity contribution in [3.63, 3.8) is 0 Å². The molecule has 2 aromatic heterocycles. The standard InChI is InChI=1S/C22H26N2O2S2/c1-5-6-7-10-26-22(25)16(4)28-21-19-18(12-27-20(19)23-13-24-21)17-9-8-14(2)15(3)11-17/h8-9,11-13,16H,5-7,10H2,1-4H3. The summed E-state index contributed by atoms with van der Waals surface area (Å²) in [7, 11) is 0. The van der Waals surface area contributed by atoms with Crippen LogP contribution in [0.3, 0.4) is 0 Å². The molecule has 0 N–H and O–H groups in total. The number of carbonyl (C=O) groups excluding carboxylic acids is 1. The average Bonchev–Trinajstić information content (AvgIpc) is 3.12. The molecule has 6 heteroatoms. The number of aromatic nitrogens is 2. The Labute approximate surface area is 174 Å². The maximum atomic E-state index is 12.3. The number of unbranched alkanes of at least 4 members (excludes halogenated alkanes) is 2. The van der Waals surface area contributed by atoms with Gasteiger partial charge in [0.25, 0.3) is 0 Å². The van der Waals surface area contributed by atoms with Gasteiger partial charge in [-0.25, -0.2) is 9.97 Å². The van der Waals surface area contributed by atoms with Gasteiger partial charge in [-0.2, -0.15) is 0 Å². The predicted molar refractivity (Wildman–Crippen MR) is 118 cm³/mol. The topological polar surface area (TPSA) is 52.1 Å². The minimum atomic E-state index is -0.313. The van der Waals surface area contributed by atoms with Gasteiger partial charge in [0.1, 0.15) is 21.4 Å². The molecule has 0 spiro atoms. The fraction of sp³-hybridized carbons (Fsp3) is 0.409. The van der Waals surface area contributed by atoms with Gasteiger partial charge < -0.3 is 4.74 Å². The number of aryl methyl sites for hydroxylation is 2. The molecular weight excluding hydrogens is 388 g/mol. The van der Waals surface area contributed by atoms with Crippen molar-refractivity contribution in [2.45, 2.75) is 57.2 Å². The lowest BCUT2D eigenvalue weighted by atomic mass is 10.0. The monoisotopic (exact) mass is 414 g/mol. The summed E-state index contributed by atoms with van der Waals surface area (Å²) in [5, 5.41) is 3.66. The Morgan fingerprint density at radius 1 is 1.21 bits per heavy atom. The van der Waals surface area contributed by atoms with E-state index in [9.17, 15) is 4.79 Å². The van der Waals surface area contributed by atoms with E-state index in [2.05, 4.69) is 54.3 Å². The van der Waals surface area contributed by atoms with Crippen LogP contribution in [0.2, 0.25) is 0 Å². The minimum absolute atomic E-state index is 0.184. The van der Waals surface area contributed by atoms with Crippen molar-refractivity contribution in [3.05, 3.63) is 41.0 Å². The normalized spacial score (nSPS) is 12.3. The Balaban J connectivity index is 1.84. The Hall–Kier alpha value is -1.92. The Kier molecular flexibility index (Phi) is 7.08. The summed E-state index contributed by atoms with van der Waals surface area (Å²) in [6.07, 6.45) is 4.68. The second-order valence-electron chi connectivity index (χ2n) is 6.94. The minimum Gasteiger partial charge on any atom is -0.465 e. The fourth-order valence-corrected chi connectivity index (χ4v) is 4.83. The second kappa shape index (κ2) is 9.52. The van der Waals surface area contributed by atoms with E-state index in [0.717, 1.165) is 45.6 Å². The largest absolute Gasteiger partial charge is 0.465 e. The highest BCUT2D eigenvalue weighted by atomic mass is 32.2. The Morgan fingerprint density at radius 3 is 2.79 bits per heavy atom. The molecule has 0 aliphatic rings. The molecule has 0 radical (unpaired) electrons. The van der Waals surface area contributed by atoms with Crippen LogP contribution in [0, 0.1) is 13.8 Å². The van der Waals surface area contributed by atoms with Crippen molar-refractivity contribution < 1.29 is 9.53 Å². The first-order chi connectivity index (χ1) is 13.5. The van der Waals surface area contributed by atoms with Gasteiger partial charge in [-0.15, -0.1) is 11.3 Å². The van der Waals surface area contributed by atoms with Gasteiger partial charge in [0, 0.05) is 10.9 Å². The van der Waals surface area contributed by atoms with E-state index in [1.54, 1.807) is 17.7 Å². The van der Waals surface area contributed by atoms with Crippen LogP contribution in [0.4, 0.5) is 0 Å². The zero-order valence-corrected chi connectivity index (χ0v) is 18.5. The SMILES string of the molecule is CCCCCOC(=O)C(C)Sc1ncnc2scc(-c3ccc(C)c(C)c3)c12. The van der Waals surface area contributed by atoms with E-state index in [1.165, 1.54) is 22.9 Å². The van der Waals surface area contributed by atoms with Crippen molar-refractivity contribution in [2.24, 2.45) is 0 Å². The summed E-state index contributed by atoms with van der Waals surface area (Å²) in [5.74, 6) is -0.184. The number of nitrogens with zero attached hydrogens (tertiary/aromatic N) is 2. The summed E-state index contributed by atoms with van der Waals surface area (Å²) in [6, 6.07) is 6.47. The van der Waals surface area contributed by atoms with Gasteiger partial charge >= 0.3 is 5.97 Å². The van der Waals surface area contributed by atoms with Crippen LogP contribution in [0.25, 0.3) is 21.3 Å². The lowest BCUT2D eigenvalue weighted by Crippen LogP contribution is -2.17. The van der Waals surface area contributed by atoms with Crippen molar-refractivity contribution in [2.75, 3.05) is 6.61 Å². The number of thioether (sulfide) groups is 1. The zero-order chi connectivity index (χ0) is 20.1. The summed E-state index contributed by atoms with van der Waals surface area (Å²) in [5.41, 5.74) is 4.80. The molecule has 0 saturated heterocycles. The molecule has 0 fully saturated rings. The van der Waals surface area contributed by atoms with Gasteiger partial charge in [-0.05, 0) is 43.9 Å². The highest BCUT2D eigenvalue weighted by Gasteiger charge is 2.21. The van der Waals surface area contributed by atoms with Gasteiger partial charge in [0.05, 0.1) is 12.0 Å². The number of hydrogen-bond donors (Lipinski definition) is 0. The highest BCUT2D eigenvalue weighted by molar-refractivity contribution is 8.00. The molecular formula is C22H26N2O2S2. The van der Waals surface area contributed by atoms with E-state index in [0.29, 0.717) is 6.61 Å². The van der Waals surface area contributed by atoms with Crippen molar-refractivity contribution in [3.8, 4) is 11.1 Å². The van der Waals surface area contributed by atoms with Crippen LogP contribution in [0.5, 0.6) is 0 Å². The van der Waals surface area contributed by atoms with Gasteiger partial charge in [-0.1, -0.05) is 49.7 Å². The number of ether oxygens (including phenoxy) is 1. The number of benzene rings is 1. The smallest absolute Gasteiger partial charge is 0.319 e. The van der Waals surface area contributed by atoms with E-state index in [1.807, 2.05) is 6.92 Å². The van der Waals surface area contributed by atoms with Crippen LogP contribution in [0.1, 0.15) is 44.2 Å². The third-order valence-electron chi connectivity index (χ3n) is 4.77. The third-order valence-corrected chi connectivity index (χ3v) is 6.73. The maximum Gasteiger partial charge on any atom is 0.319 e. The third kappa shape index (κ3) is 4.73. The van der Waals surface area contributed by atoms with Gasteiger partial charge in [-0.3, -0.25) is 4.79 Å². The Bertz CT molecular complexity index is 968. The number of hydrogen-bond acceptors (Lipinski definition) is 6. The molecule has 2 heterocycles. The van der Waals surface area contributed by atoms with Crippen molar-refractivity contribution >= 4 is 39.3 Å². The van der Waals surface area contributed by atoms with E-state index >= 15 is 0 Å².